The van der Waals surface area contributed by atoms with Crippen molar-refractivity contribution in [3.05, 3.63) is 29.8 Å². The van der Waals surface area contributed by atoms with Gasteiger partial charge in [0.1, 0.15) is 0 Å². The second-order valence-corrected chi connectivity index (χ2v) is 7.23. The predicted octanol–water partition coefficient (Wildman–Crippen LogP) is 0.914. The van der Waals surface area contributed by atoms with Crippen LogP contribution in [-0.4, -0.2) is 51.7 Å². The van der Waals surface area contributed by atoms with E-state index >= 15 is 0 Å². The molecule has 1 heterocycles. The minimum Gasteiger partial charge on any atom is -0.337 e. The second kappa shape index (κ2) is 5.93. The first kappa shape index (κ1) is 15.0. The Labute approximate surface area is 119 Å². The van der Waals surface area contributed by atoms with Crippen LogP contribution in [0.2, 0.25) is 0 Å². The van der Waals surface area contributed by atoms with Gasteiger partial charge in [-0.3, -0.25) is 4.79 Å². The van der Waals surface area contributed by atoms with Crippen LogP contribution in [0.5, 0.6) is 0 Å². The number of rotatable bonds is 3. The highest BCUT2D eigenvalue weighted by Gasteiger charge is 2.22. The summed E-state index contributed by atoms with van der Waals surface area (Å²) in [4.78, 5) is 14.3. The lowest BCUT2D eigenvalue weighted by molar-refractivity contribution is 0.0708. The first-order valence-electron chi connectivity index (χ1n) is 6.67. The Hall–Kier alpha value is -1.40. The first-order chi connectivity index (χ1) is 9.39. The van der Waals surface area contributed by atoms with E-state index in [4.69, 9.17) is 0 Å². The van der Waals surface area contributed by atoms with Crippen molar-refractivity contribution < 1.29 is 13.2 Å². The summed E-state index contributed by atoms with van der Waals surface area (Å²) in [7, 11) is -1.42. The van der Waals surface area contributed by atoms with E-state index in [0.717, 1.165) is 32.2 Å². The molecule has 1 aliphatic rings. The van der Waals surface area contributed by atoms with Gasteiger partial charge in [-0.25, -0.2) is 8.42 Å². The maximum Gasteiger partial charge on any atom is 0.253 e. The average Bonchev–Trinajstić information content (AvgIpc) is 2.46. The van der Waals surface area contributed by atoms with Crippen LogP contribution in [0, 0.1) is 0 Å². The van der Waals surface area contributed by atoms with E-state index in [1.54, 1.807) is 24.1 Å². The molecule has 1 N–H and O–H groups in total. The molecule has 6 heteroatoms. The molecule has 0 spiro atoms. The van der Waals surface area contributed by atoms with E-state index in [1.807, 2.05) is 0 Å². The Kier molecular flexibility index (Phi) is 4.45. The van der Waals surface area contributed by atoms with Crippen molar-refractivity contribution in [3.8, 4) is 0 Å². The fraction of sp³-hybridized carbons (Fsp3) is 0.500. The second-order valence-electron chi connectivity index (χ2n) is 5.21. The highest BCUT2D eigenvalue weighted by atomic mass is 32.2. The number of nitrogens with one attached hydrogen (secondary N) is 1. The first-order valence-corrected chi connectivity index (χ1v) is 8.57. The molecule has 0 bridgehead atoms. The van der Waals surface area contributed by atoms with E-state index in [-0.39, 0.29) is 16.8 Å². The van der Waals surface area contributed by atoms with E-state index in [1.165, 1.54) is 12.1 Å². The molecule has 20 heavy (non-hydrogen) atoms. The van der Waals surface area contributed by atoms with Gasteiger partial charge in [0.25, 0.3) is 5.91 Å². The van der Waals surface area contributed by atoms with E-state index < -0.39 is 9.84 Å². The molecule has 1 aromatic rings. The number of amides is 1. The summed E-state index contributed by atoms with van der Waals surface area (Å²) < 4.78 is 22.8. The molecule has 0 radical (unpaired) electrons. The molecule has 5 nitrogen and oxygen atoms in total. The molecule has 110 valence electrons. The predicted molar refractivity (Wildman–Crippen MR) is 77.5 cm³/mol. The molecule has 0 aliphatic carbocycles. The standard InChI is InChI=1S/C14H20N2O3S/c1-16(12-4-3-9-15-10-12)14(17)11-5-7-13(8-6-11)20(2,18)19/h5-8,12,15H,3-4,9-10H2,1-2H3/t12-/m0/s1. The minimum atomic E-state index is -3.22. The van der Waals surface area contributed by atoms with Crippen molar-refractivity contribution in [2.75, 3.05) is 26.4 Å². The van der Waals surface area contributed by atoms with E-state index in [0.29, 0.717) is 5.56 Å². The molecule has 2 rings (SSSR count). The van der Waals surface area contributed by atoms with Crippen LogP contribution in [0.3, 0.4) is 0 Å². The lowest BCUT2D eigenvalue weighted by Gasteiger charge is -2.31. The molecule has 1 aromatic carbocycles. The fourth-order valence-corrected chi connectivity index (χ4v) is 3.01. The molecule has 1 atom stereocenters. The number of hydrogen-bond donors (Lipinski definition) is 1. The van der Waals surface area contributed by atoms with Crippen molar-refractivity contribution in [1.29, 1.82) is 0 Å². The number of carbonyl (C=O) groups is 1. The smallest absolute Gasteiger partial charge is 0.253 e. The molecule has 1 amide bonds. The van der Waals surface area contributed by atoms with Crippen LogP contribution in [0.25, 0.3) is 0 Å². The number of sulfone groups is 1. The Balaban J connectivity index is 2.12. The molecule has 0 unspecified atom stereocenters. The largest absolute Gasteiger partial charge is 0.337 e. The van der Waals surface area contributed by atoms with E-state index in [9.17, 15) is 13.2 Å². The Morgan fingerprint density at radius 1 is 1.30 bits per heavy atom. The SMILES string of the molecule is CN(C(=O)c1ccc(S(C)(=O)=O)cc1)[C@H]1CCCNC1. The van der Waals surface area contributed by atoms with Gasteiger partial charge in [0.2, 0.25) is 0 Å². The van der Waals surface area contributed by atoms with Gasteiger partial charge in [-0.05, 0) is 43.7 Å². The van der Waals surface area contributed by atoms with Crippen LogP contribution >= 0.6 is 0 Å². The van der Waals surface area contributed by atoms with Crippen molar-refractivity contribution in [3.63, 3.8) is 0 Å². The lowest BCUT2D eigenvalue weighted by Crippen LogP contribution is -2.46. The van der Waals surface area contributed by atoms with Gasteiger partial charge in [0.15, 0.2) is 9.84 Å². The topological polar surface area (TPSA) is 66.5 Å². The maximum atomic E-state index is 12.4. The molecule has 1 saturated heterocycles. The zero-order valence-corrected chi connectivity index (χ0v) is 12.6. The quantitative estimate of drug-likeness (QED) is 0.900. The van der Waals surface area contributed by atoms with Crippen LogP contribution in [0.4, 0.5) is 0 Å². The summed E-state index contributed by atoms with van der Waals surface area (Å²) in [5.41, 5.74) is 0.519. The summed E-state index contributed by atoms with van der Waals surface area (Å²) in [6.07, 6.45) is 3.22. The molecular formula is C14H20N2O3S. The van der Waals surface area contributed by atoms with Crippen LogP contribution in [0.15, 0.2) is 29.2 Å². The van der Waals surface area contributed by atoms with Crippen molar-refractivity contribution in [2.45, 2.75) is 23.8 Å². The molecule has 1 fully saturated rings. The minimum absolute atomic E-state index is 0.0706. The lowest BCUT2D eigenvalue weighted by atomic mass is 10.1. The number of nitrogens with zero attached hydrogens (tertiary/aromatic N) is 1. The number of piperidine rings is 1. The third kappa shape index (κ3) is 3.37. The molecule has 1 aliphatic heterocycles. The maximum absolute atomic E-state index is 12.4. The van der Waals surface area contributed by atoms with Gasteiger partial charge in [0, 0.05) is 31.5 Å². The van der Waals surface area contributed by atoms with Crippen LogP contribution < -0.4 is 5.32 Å². The monoisotopic (exact) mass is 296 g/mol. The summed E-state index contributed by atoms with van der Waals surface area (Å²) in [6.45, 7) is 1.81. The van der Waals surface area contributed by atoms with E-state index in [2.05, 4.69) is 5.32 Å². The zero-order chi connectivity index (χ0) is 14.8. The van der Waals surface area contributed by atoms with Crippen LogP contribution in [-0.2, 0) is 9.84 Å². The van der Waals surface area contributed by atoms with Gasteiger partial charge < -0.3 is 10.2 Å². The van der Waals surface area contributed by atoms with Gasteiger partial charge in [-0.15, -0.1) is 0 Å². The van der Waals surface area contributed by atoms with Crippen molar-refractivity contribution >= 4 is 15.7 Å². The van der Waals surface area contributed by atoms with Gasteiger partial charge in [-0.1, -0.05) is 0 Å². The third-order valence-electron chi connectivity index (χ3n) is 3.67. The summed E-state index contributed by atoms with van der Waals surface area (Å²) in [5, 5.41) is 3.28. The number of likely N-dealkylation sites (N-methyl/N-ethyl adjacent to an activating group) is 1. The molecular weight excluding hydrogens is 276 g/mol. The number of carbonyl (C=O) groups excluding carboxylic acids is 1. The Bertz CT molecular complexity index is 575. The highest BCUT2D eigenvalue weighted by Crippen LogP contribution is 2.15. The Morgan fingerprint density at radius 3 is 2.45 bits per heavy atom. The molecule has 0 aromatic heterocycles. The van der Waals surface area contributed by atoms with Crippen molar-refractivity contribution in [2.24, 2.45) is 0 Å². The highest BCUT2D eigenvalue weighted by molar-refractivity contribution is 7.90. The number of benzene rings is 1. The summed E-state index contributed by atoms with van der Waals surface area (Å²) in [6, 6.07) is 6.31. The average molecular weight is 296 g/mol. The summed E-state index contributed by atoms with van der Waals surface area (Å²) >= 11 is 0. The fourth-order valence-electron chi connectivity index (χ4n) is 2.38. The normalized spacial score (nSPS) is 19.6. The molecule has 0 saturated carbocycles. The van der Waals surface area contributed by atoms with Gasteiger partial charge in [-0.2, -0.15) is 0 Å². The zero-order valence-electron chi connectivity index (χ0n) is 11.8. The Morgan fingerprint density at radius 2 is 1.95 bits per heavy atom. The van der Waals surface area contributed by atoms with Crippen LogP contribution in [0.1, 0.15) is 23.2 Å². The summed E-state index contributed by atoms with van der Waals surface area (Å²) in [5.74, 6) is -0.0706. The third-order valence-corrected chi connectivity index (χ3v) is 4.80. The van der Waals surface area contributed by atoms with Crippen molar-refractivity contribution in [1.82, 2.24) is 10.2 Å². The van der Waals surface area contributed by atoms with Gasteiger partial charge >= 0.3 is 0 Å². The van der Waals surface area contributed by atoms with Gasteiger partial charge in [0.05, 0.1) is 4.90 Å². The number of hydrogen-bond acceptors (Lipinski definition) is 4.